The van der Waals surface area contributed by atoms with E-state index < -0.39 is 0 Å². The van der Waals surface area contributed by atoms with E-state index in [2.05, 4.69) is 11.9 Å². The summed E-state index contributed by atoms with van der Waals surface area (Å²) in [6.45, 7) is 10.2. The van der Waals surface area contributed by atoms with E-state index in [1.54, 1.807) is 6.20 Å². The van der Waals surface area contributed by atoms with Gasteiger partial charge in [0.25, 0.3) is 0 Å². The lowest BCUT2D eigenvalue weighted by atomic mass is 9.77. The maximum absolute atomic E-state index is 6.03. The largest absolute Gasteiger partial charge is 0.496 e. The summed E-state index contributed by atoms with van der Waals surface area (Å²) in [6, 6.07) is 1.90. The minimum atomic E-state index is -0.388. The van der Waals surface area contributed by atoms with Gasteiger partial charge >= 0.3 is 7.12 Å². The number of rotatable bonds is 2. The van der Waals surface area contributed by atoms with Crippen molar-refractivity contribution in [2.45, 2.75) is 52.2 Å². The molecule has 1 aromatic heterocycles. The molecule has 1 aromatic rings. The number of nitrogens with zero attached hydrogens (tertiary/aromatic N) is 1. The monoisotopic (exact) mass is 248 g/mol. The van der Waals surface area contributed by atoms with Gasteiger partial charge in [-0.3, -0.25) is 4.98 Å². The highest BCUT2D eigenvalue weighted by atomic mass is 16.7. The zero-order valence-electron chi connectivity index (χ0n) is 11.8. The van der Waals surface area contributed by atoms with Gasteiger partial charge in [0.05, 0.1) is 17.4 Å². The Morgan fingerprint density at radius 2 is 1.78 bits per heavy atom. The first-order chi connectivity index (χ1) is 8.27. The third kappa shape index (κ3) is 2.13. The van der Waals surface area contributed by atoms with E-state index >= 15 is 0 Å². The number of nitrogen functional groups attached to an aromatic ring is 1. The Morgan fingerprint density at radius 1 is 1.22 bits per heavy atom. The first-order valence-corrected chi connectivity index (χ1v) is 6.37. The van der Waals surface area contributed by atoms with Crippen LogP contribution in [0.15, 0.2) is 12.3 Å². The van der Waals surface area contributed by atoms with Gasteiger partial charge in [0, 0.05) is 16.8 Å². The lowest BCUT2D eigenvalue weighted by molar-refractivity contribution is 0.00578. The number of aromatic nitrogens is 1. The van der Waals surface area contributed by atoms with Crippen LogP contribution in [0.2, 0.25) is 0 Å². The number of aryl methyl sites for hydroxylation is 1. The predicted octanol–water partition coefficient (Wildman–Crippen LogP) is 1.53. The number of anilines is 1. The molecule has 0 amide bonds. The van der Waals surface area contributed by atoms with Crippen molar-refractivity contribution in [2.24, 2.45) is 0 Å². The van der Waals surface area contributed by atoms with E-state index in [-0.39, 0.29) is 18.3 Å². The second kappa shape index (κ2) is 4.25. The molecule has 0 spiro atoms. The fraction of sp³-hybridized carbons (Fsp3) is 0.615. The van der Waals surface area contributed by atoms with Crippen LogP contribution >= 0.6 is 0 Å². The molecule has 2 N–H and O–H groups in total. The van der Waals surface area contributed by atoms with Crippen molar-refractivity contribution < 1.29 is 9.31 Å². The first kappa shape index (κ1) is 13.4. The normalized spacial score (nSPS) is 21.3. The van der Waals surface area contributed by atoms with Gasteiger partial charge < -0.3 is 15.0 Å². The lowest BCUT2D eigenvalue weighted by Gasteiger charge is -2.32. The molecule has 98 valence electrons. The maximum atomic E-state index is 6.03. The zero-order chi connectivity index (χ0) is 13.6. The van der Waals surface area contributed by atoms with Gasteiger partial charge in [0.1, 0.15) is 0 Å². The van der Waals surface area contributed by atoms with Crippen LogP contribution in [-0.2, 0) is 15.7 Å². The van der Waals surface area contributed by atoms with E-state index in [1.807, 2.05) is 33.8 Å². The van der Waals surface area contributed by atoms with Gasteiger partial charge in [0.15, 0.2) is 0 Å². The quantitative estimate of drug-likeness (QED) is 0.806. The van der Waals surface area contributed by atoms with Gasteiger partial charge in [-0.15, -0.1) is 0 Å². The van der Waals surface area contributed by atoms with Crippen LogP contribution < -0.4 is 11.2 Å². The summed E-state index contributed by atoms with van der Waals surface area (Å²) in [5, 5.41) is 0. The molecule has 2 heterocycles. The minimum Gasteiger partial charge on any atom is -0.399 e. The molecule has 0 bridgehead atoms. The third-order valence-corrected chi connectivity index (χ3v) is 3.87. The molecule has 1 saturated heterocycles. The van der Waals surface area contributed by atoms with Crippen LogP contribution in [0.3, 0.4) is 0 Å². The summed E-state index contributed by atoms with van der Waals surface area (Å²) in [4.78, 5) is 4.35. The molecule has 1 aliphatic heterocycles. The van der Waals surface area contributed by atoms with Gasteiger partial charge in [-0.2, -0.15) is 0 Å². The third-order valence-electron chi connectivity index (χ3n) is 3.87. The highest BCUT2D eigenvalue weighted by molar-refractivity contribution is 6.62. The Balaban J connectivity index is 2.37. The highest BCUT2D eigenvalue weighted by Crippen LogP contribution is 2.36. The van der Waals surface area contributed by atoms with Gasteiger partial charge in [0.2, 0.25) is 0 Å². The van der Waals surface area contributed by atoms with Crippen LogP contribution in [0, 0.1) is 0 Å². The summed E-state index contributed by atoms with van der Waals surface area (Å²) in [6.07, 6.45) is 2.51. The highest BCUT2D eigenvalue weighted by Gasteiger charge is 2.52. The molecule has 0 aliphatic carbocycles. The van der Waals surface area contributed by atoms with Gasteiger partial charge in [-0.1, -0.05) is 6.92 Å². The summed E-state index contributed by atoms with van der Waals surface area (Å²) in [7, 11) is -0.388. The second-order valence-corrected chi connectivity index (χ2v) is 5.75. The molecule has 0 unspecified atom stereocenters. The molecule has 4 nitrogen and oxygen atoms in total. The zero-order valence-corrected chi connectivity index (χ0v) is 11.8. The number of hydrogen-bond donors (Lipinski definition) is 1. The fourth-order valence-corrected chi connectivity index (χ4v) is 2.00. The van der Waals surface area contributed by atoms with Crippen LogP contribution in [0.25, 0.3) is 0 Å². The van der Waals surface area contributed by atoms with E-state index in [1.165, 1.54) is 0 Å². The Hall–Kier alpha value is -1.07. The summed E-state index contributed by atoms with van der Waals surface area (Å²) in [5.41, 5.74) is 7.68. The van der Waals surface area contributed by atoms with Crippen LogP contribution in [-0.4, -0.2) is 23.3 Å². The Morgan fingerprint density at radius 3 is 2.28 bits per heavy atom. The Bertz CT molecular complexity index is 444. The summed E-state index contributed by atoms with van der Waals surface area (Å²) >= 11 is 0. The lowest BCUT2D eigenvalue weighted by Crippen LogP contribution is -2.41. The van der Waals surface area contributed by atoms with E-state index in [4.69, 9.17) is 15.0 Å². The van der Waals surface area contributed by atoms with Crippen LogP contribution in [0.4, 0.5) is 5.69 Å². The molecule has 0 atom stereocenters. The smallest absolute Gasteiger partial charge is 0.399 e. The number of nitrogens with two attached hydrogens (primary N) is 1. The molecular weight excluding hydrogens is 227 g/mol. The molecule has 1 fully saturated rings. The van der Waals surface area contributed by atoms with Gasteiger partial charge in [-0.25, -0.2) is 0 Å². The molecule has 0 aromatic carbocycles. The molecule has 0 radical (unpaired) electrons. The standard InChI is InChI=1S/C13H21BN2O2/c1-6-11-10(7-9(15)8-16-11)14-17-12(2,3)13(4,5)18-14/h7-8H,6,15H2,1-5H3. The second-order valence-electron chi connectivity index (χ2n) is 5.75. The first-order valence-electron chi connectivity index (χ1n) is 6.37. The molecule has 2 rings (SSSR count). The number of pyridine rings is 1. The molecule has 18 heavy (non-hydrogen) atoms. The van der Waals surface area contributed by atoms with Crippen molar-refractivity contribution in [1.82, 2.24) is 4.98 Å². The average molecular weight is 248 g/mol. The summed E-state index contributed by atoms with van der Waals surface area (Å²) < 4.78 is 12.1. The van der Waals surface area contributed by atoms with Crippen molar-refractivity contribution in [3.63, 3.8) is 0 Å². The molecule has 5 heteroatoms. The minimum absolute atomic E-state index is 0.340. The van der Waals surface area contributed by atoms with Crippen molar-refractivity contribution >= 4 is 18.3 Å². The molecule has 0 saturated carbocycles. The topological polar surface area (TPSA) is 57.4 Å². The van der Waals surface area contributed by atoms with E-state index in [0.29, 0.717) is 5.69 Å². The summed E-state index contributed by atoms with van der Waals surface area (Å²) in [5.74, 6) is 0. The predicted molar refractivity (Wildman–Crippen MR) is 73.7 cm³/mol. The van der Waals surface area contributed by atoms with Crippen molar-refractivity contribution in [3.05, 3.63) is 18.0 Å². The Labute approximate surface area is 109 Å². The van der Waals surface area contributed by atoms with Crippen molar-refractivity contribution in [1.29, 1.82) is 0 Å². The SMILES string of the molecule is CCc1ncc(N)cc1B1OC(C)(C)C(C)(C)O1. The van der Waals surface area contributed by atoms with Crippen molar-refractivity contribution in [2.75, 3.05) is 5.73 Å². The molecule has 1 aliphatic rings. The fourth-order valence-electron chi connectivity index (χ4n) is 2.00. The Kier molecular flexibility index (Phi) is 3.15. The van der Waals surface area contributed by atoms with E-state index in [9.17, 15) is 0 Å². The van der Waals surface area contributed by atoms with Crippen molar-refractivity contribution in [3.8, 4) is 0 Å². The van der Waals surface area contributed by atoms with E-state index in [0.717, 1.165) is 17.6 Å². The van der Waals surface area contributed by atoms with Crippen LogP contribution in [0.5, 0.6) is 0 Å². The van der Waals surface area contributed by atoms with Gasteiger partial charge in [-0.05, 0) is 40.2 Å². The van der Waals surface area contributed by atoms with Crippen LogP contribution in [0.1, 0.15) is 40.3 Å². The number of hydrogen-bond acceptors (Lipinski definition) is 4. The molecular formula is C13H21BN2O2. The average Bonchev–Trinajstić information content (AvgIpc) is 2.48. The maximum Gasteiger partial charge on any atom is 0.496 e.